The molecule has 0 amide bonds. The van der Waals surface area contributed by atoms with E-state index in [9.17, 15) is 0 Å². The Morgan fingerprint density at radius 1 is 1.53 bits per heavy atom. The monoisotopic (exact) mass is 229 g/mol. The van der Waals surface area contributed by atoms with Crippen LogP contribution in [0.3, 0.4) is 0 Å². The van der Waals surface area contributed by atoms with Gasteiger partial charge in [-0.05, 0) is 20.8 Å². The molecule has 4 nitrogen and oxygen atoms in total. The van der Waals surface area contributed by atoms with Crippen LogP contribution in [0.5, 0.6) is 0 Å². The molecule has 1 unspecified atom stereocenters. The molecule has 84 valence electrons. The van der Waals surface area contributed by atoms with Gasteiger partial charge in [0.1, 0.15) is 17.3 Å². The summed E-state index contributed by atoms with van der Waals surface area (Å²) >= 11 is 5.88. The molecule has 0 spiro atoms. The average molecular weight is 230 g/mol. The lowest BCUT2D eigenvalue weighted by atomic mass is 10.3. The number of hydrogen-bond acceptors (Lipinski definition) is 4. The number of ether oxygens (including phenoxy) is 1. The zero-order chi connectivity index (χ0) is 11.3. The number of nitrogens with one attached hydrogen (secondary N) is 1. The quantitative estimate of drug-likeness (QED) is 0.787. The van der Waals surface area contributed by atoms with E-state index in [0.717, 1.165) is 18.0 Å². The molecule has 1 rings (SSSR count). The Morgan fingerprint density at radius 2 is 2.27 bits per heavy atom. The second-order valence-corrected chi connectivity index (χ2v) is 3.70. The van der Waals surface area contributed by atoms with Crippen molar-refractivity contribution in [3.8, 4) is 0 Å². The first-order chi connectivity index (χ1) is 7.15. The Labute approximate surface area is 95.0 Å². The molecule has 0 fully saturated rings. The summed E-state index contributed by atoms with van der Waals surface area (Å²) in [5.74, 6) is 0.766. The fourth-order valence-electron chi connectivity index (χ4n) is 1.14. The van der Waals surface area contributed by atoms with Crippen LogP contribution in [0, 0.1) is 6.92 Å². The molecule has 5 heteroatoms. The second kappa shape index (κ2) is 5.88. The van der Waals surface area contributed by atoms with Gasteiger partial charge in [-0.3, -0.25) is 0 Å². The molecule has 0 aliphatic carbocycles. The van der Waals surface area contributed by atoms with E-state index in [0.29, 0.717) is 11.8 Å². The van der Waals surface area contributed by atoms with E-state index in [1.54, 1.807) is 0 Å². The van der Waals surface area contributed by atoms with Crippen molar-refractivity contribution in [3.05, 3.63) is 17.0 Å². The lowest BCUT2D eigenvalue weighted by molar-refractivity contribution is 0.141. The number of hydrogen-bond donors (Lipinski definition) is 1. The molecular formula is C10H16ClN3O. The fraction of sp³-hybridized carbons (Fsp3) is 0.600. The average Bonchev–Trinajstić information content (AvgIpc) is 2.22. The summed E-state index contributed by atoms with van der Waals surface area (Å²) in [5, 5.41) is 3.71. The van der Waals surface area contributed by atoms with Crippen LogP contribution in [-0.2, 0) is 4.74 Å². The van der Waals surface area contributed by atoms with Gasteiger partial charge in [0.05, 0.1) is 6.61 Å². The van der Waals surface area contributed by atoms with Crippen LogP contribution in [0.15, 0.2) is 6.33 Å². The van der Waals surface area contributed by atoms with Crippen molar-refractivity contribution < 1.29 is 4.74 Å². The van der Waals surface area contributed by atoms with Crippen LogP contribution >= 0.6 is 11.6 Å². The molecule has 0 saturated carbocycles. The molecule has 0 aromatic carbocycles. The minimum atomic E-state index is 0.203. The van der Waals surface area contributed by atoms with Gasteiger partial charge in [-0.15, -0.1) is 0 Å². The lowest BCUT2D eigenvalue weighted by Gasteiger charge is -2.15. The third kappa shape index (κ3) is 3.64. The van der Waals surface area contributed by atoms with Gasteiger partial charge in [-0.25, -0.2) is 9.97 Å². The molecule has 0 radical (unpaired) electrons. The Balaban J connectivity index is 2.60. The van der Waals surface area contributed by atoms with Gasteiger partial charge in [0.25, 0.3) is 0 Å². The van der Waals surface area contributed by atoms with E-state index in [1.807, 2.05) is 20.8 Å². The summed E-state index contributed by atoms with van der Waals surface area (Å²) in [6.45, 7) is 7.26. The Bertz CT molecular complexity index is 320. The minimum absolute atomic E-state index is 0.203. The van der Waals surface area contributed by atoms with Gasteiger partial charge in [-0.2, -0.15) is 0 Å². The smallest absolute Gasteiger partial charge is 0.137 e. The van der Waals surface area contributed by atoms with E-state index >= 15 is 0 Å². The van der Waals surface area contributed by atoms with Gasteiger partial charge >= 0.3 is 0 Å². The van der Waals surface area contributed by atoms with E-state index in [2.05, 4.69) is 15.3 Å². The highest BCUT2D eigenvalue weighted by Gasteiger charge is 2.07. The van der Waals surface area contributed by atoms with Gasteiger partial charge in [0.15, 0.2) is 0 Å². The number of anilines is 1. The van der Waals surface area contributed by atoms with Gasteiger partial charge in [0, 0.05) is 18.2 Å². The van der Waals surface area contributed by atoms with E-state index in [1.165, 1.54) is 6.33 Å². The summed E-state index contributed by atoms with van der Waals surface area (Å²) in [6, 6.07) is 0.203. The highest BCUT2D eigenvalue weighted by Crippen LogP contribution is 2.18. The summed E-state index contributed by atoms with van der Waals surface area (Å²) in [7, 11) is 0. The molecule has 0 bridgehead atoms. The molecular weight excluding hydrogens is 214 g/mol. The zero-order valence-electron chi connectivity index (χ0n) is 9.25. The van der Waals surface area contributed by atoms with Crippen molar-refractivity contribution in [3.63, 3.8) is 0 Å². The SMILES string of the molecule is CCOCC(C)Nc1ncnc(Cl)c1C. The minimum Gasteiger partial charge on any atom is -0.380 e. The maximum atomic E-state index is 5.88. The third-order valence-corrected chi connectivity index (χ3v) is 2.36. The summed E-state index contributed by atoms with van der Waals surface area (Å²) in [4.78, 5) is 8.02. The highest BCUT2D eigenvalue weighted by molar-refractivity contribution is 6.30. The Morgan fingerprint density at radius 3 is 2.93 bits per heavy atom. The number of rotatable bonds is 5. The van der Waals surface area contributed by atoms with Crippen molar-refractivity contribution >= 4 is 17.4 Å². The van der Waals surface area contributed by atoms with E-state index in [-0.39, 0.29) is 6.04 Å². The largest absolute Gasteiger partial charge is 0.380 e. The first-order valence-corrected chi connectivity index (χ1v) is 5.34. The predicted octanol–water partition coefficient (Wildman–Crippen LogP) is 2.28. The Hall–Kier alpha value is -0.870. The lowest BCUT2D eigenvalue weighted by Crippen LogP contribution is -2.23. The molecule has 1 aromatic rings. The summed E-state index contributed by atoms with van der Waals surface area (Å²) in [6.07, 6.45) is 1.45. The van der Waals surface area contributed by atoms with Crippen LogP contribution in [0.2, 0.25) is 5.15 Å². The Kier molecular flexibility index (Phi) is 4.78. The number of nitrogens with zero attached hydrogens (tertiary/aromatic N) is 2. The maximum Gasteiger partial charge on any atom is 0.137 e. The first kappa shape index (κ1) is 12.2. The van der Waals surface area contributed by atoms with Crippen LogP contribution in [0.1, 0.15) is 19.4 Å². The topological polar surface area (TPSA) is 47.0 Å². The zero-order valence-corrected chi connectivity index (χ0v) is 10.0. The van der Waals surface area contributed by atoms with Crippen molar-refractivity contribution in [2.45, 2.75) is 26.8 Å². The van der Waals surface area contributed by atoms with Crippen molar-refractivity contribution in [2.24, 2.45) is 0 Å². The van der Waals surface area contributed by atoms with E-state index in [4.69, 9.17) is 16.3 Å². The normalized spacial score (nSPS) is 12.5. The molecule has 0 aliphatic rings. The van der Waals surface area contributed by atoms with Gasteiger partial charge < -0.3 is 10.1 Å². The van der Waals surface area contributed by atoms with Crippen molar-refractivity contribution in [2.75, 3.05) is 18.5 Å². The van der Waals surface area contributed by atoms with Crippen LogP contribution in [0.4, 0.5) is 5.82 Å². The molecule has 0 aliphatic heterocycles. The second-order valence-electron chi connectivity index (χ2n) is 3.34. The fourth-order valence-corrected chi connectivity index (χ4v) is 1.28. The first-order valence-electron chi connectivity index (χ1n) is 4.96. The number of halogens is 1. The van der Waals surface area contributed by atoms with Crippen LogP contribution < -0.4 is 5.32 Å². The number of aromatic nitrogens is 2. The van der Waals surface area contributed by atoms with Gasteiger partial charge in [-0.1, -0.05) is 11.6 Å². The molecule has 1 aromatic heterocycles. The molecule has 1 heterocycles. The molecule has 1 atom stereocenters. The summed E-state index contributed by atoms with van der Waals surface area (Å²) < 4.78 is 5.30. The van der Waals surface area contributed by atoms with Gasteiger partial charge in [0.2, 0.25) is 0 Å². The summed E-state index contributed by atoms with van der Waals surface area (Å²) in [5.41, 5.74) is 0.863. The molecule has 15 heavy (non-hydrogen) atoms. The maximum absolute atomic E-state index is 5.88. The molecule has 1 N–H and O–H groups in total. The standard InChI is InChI=1S/C10H16ClN3O/c1-4-15-5-7(2)14-10-8(3)9(11)12-6-13-10/h6-7H,4-5H2,1-3H3,(H,12,13,14). The van der Waals surface area contributed by atoms with Crippen molar-refractivity contribution in [1.82, 2.24) is 9.97 Å². The highest BCUT2D eigenvalue weighted by atomic mass is 35.5. The van der Waals surface area contributed by atoms with E-state index < -0.39 is 0 Å². The molecule has 0 saturated heterocycles. The van der Waals surface area contributed by atoms with Crippen molar-refractivity contribution in [1.29, 1.82) is 0 Å². The van der Waals surface area contributed by atoms with Crippen LogP contribution in [-0.4, -0.2) is 29.2 Å². The third-order valence-electron chi connectivity index (χ3n) is 1.98. The predicted molar refractivity (Wildman–Crippen MR) is 61.4 cm³/mol. The van der Waals surface area contributed by atoms with Crippen LogP contribution in [0.25, 0.3) is 0 Å².